The molecule has 0 spiro atoms. The van der Waals surface area contributed by atoms with Gasteiger partial charge in [-0.15, -0.1) is 0 Å². The monoisotopic (exact) mass is 478 g/mol. The van der Waals surface area contributed by atoms with Crippen LogP contribution in [-0.2, 0) is 4.79 Å². The molecule has 3 aromatic carbocycles. The molecule has 0 bridgehead atoms. The molecule has 1 aromatic heterocycles. The van der Waals surface area contributed by atoms with E-state index in [0.29, 0.717) is 32.0 Å². The molecule has 1 aliphatic heterocycles. The highest BCUT2D eigenvalue weighted by atomic mass is 35.5. The van der Waals surface area contributed by atoms with Crippen LogP contribution in [0.5, 0.6) is 0 Å². The highest BCUT2D eigenvalue weighted by Crippen LogP contribution is 2.47. The number of hydrogen-bond donors (Lipinski definition) is 0. The fraction of sp³-hybridized carbons (Fsp3) is 0.0769. The summed E-state index contributed by atoms with van der Waals surface area (Å²) in [5, 5.41) is 2.11. The van der Waals surface area contributed by atoms with Crippen LogP contribution in [0, 0.1) is 13.8 Å². The third-order valence-electron chi connectivity index (χ3n) is 5.82. The summed E-state index contributed by atoms with van der Waals surface area (Å²) in [6, 6.07) is 18.8. The molecule has 0 unspecified atom stereocenters. The molecular formula is C26H17Cl3N2O. The molecule has 0 saturated carbocycles. The van der Waals surface area contributed by atoms with Crippen LogP contribution >= 0.6 is 34.8 Å². The fourth-order valence-electron chi connectivity index (χ4n) is 4.04. The lowest BCUT2D eigenvalue weighted by atomic mass is 10.0. The number of fused-ring (bicyclic) bond motifs is 2. The van der Waals surface area contributed by atoms with Crippen LogP contribution in [0.1, 0.15) is 22.3 Å². The Labute approximate surface area is 200 Å². The molecule has 0 radical (unpaired) electrons. The van der Waals surface area contributed by atoms with Crippen LogP contribution in [0.4, 0.5) is 11.4 Å². The Hall–Kier alpha value is -2.85. The normalized spacial score (nSPS) is 14.5. The van der Waals surface area contributed by atoms with Crippen LogP contribution in [0.15, 0.2) is 60.7 Å². The van der Waals surface area contributed by atoms with Crippen molar-refractivity contribution < 1.29 is 4.79 Å². The van der Waals surface area contributed by atoms with E-state index in [0.717, 1.165) is 33.3 Å². The molecule has 6 heteroatoms. The Morgan fingerprint density at radius 1 is 0.906 bits per heavy atom. The van der Waals surface area contributed by atoms with Gasteiger partial charge in [0.25, 0.3) is 5.91 Å². The minimum atomic E-state index is -0.225. The summed E-state index contributed by atoms with van der Waals surface area (Å²) in [7, 11) is 0. The van der Waals surface area contributed by atoms with Gasteiger partial charge in [-0.25, -0.2) is 4.98 Å². The van der Waals surface area contributed by atoms with E-state index in [2.05, 4.69) is 11.1 Å². The van der Waals surface area contributed by atoms with E-state index in [1.54, 1.807) is 29.2 Å². The summed E-state index contributed by atoms with van der Waals surface area (Å²) in [6.45, 7) is 4.07. The summed E-state index contributed by atoms with van der Waals surface area (Å²) in [4.78, 5) is 19.8. The number of hydrogen-bond acceptors (Lipinski definition) is 2. The second-order valence-corrected chi connectivity index (χ2v) is 8.91. The van der Waals surface area contributed by atoms with Gasteiger partial charge >= 0.3 is 0 Å². The van der Waals surface area contributed by atoms with E-state index in [1.165, 1.54) is 0 Å². The second kappa shape index (κ2) is 7.93. The highest BCUT2D eigenvalue weighted by Gasteiger charge is 2.35. The maximum atomic E-state index is 13.6. The summed E-state index contributed by atoms with van der Waals surface area (Å²) >= 11 is 19.4. The van der Waals surface area contributed by atoms with Crippen molar-refractivity contribution in [2.45, 2.75) is 13.8 Å². The zero-order valence-electron chi connectivity index (χ0n) is 17.3. The van der Waals surface area contributed by atoms with Crippen LogP contribution < -0.4 is 4.90 Å². The Balaban J connectivity index is 1.70. The van der Waals surface area contributed by atoms with E-state index < -0.39 is 0 Å². The number of anilines is 2. The number of benzene rings is 3. The Bertz CT molecular complexity index is 1440. The predicted molar refractivity (Wildman–Crippen MR) is 134 cm³/mol. The number of aryl methyl sites for hydroxylation is 2. The molecule has 32 heavy (non-hydrogen) atoms. The van der Waals surface area contributed by atoms with Crippen molar-refractivity contribution in [2.75, 3.05) is 4.90 Å². The molecule has 1 aliphatic rings. The third kappa shape index (κ3) is 3.29. The van der Waals surface area contributed by atoms with Gasteiger partial charge in [0, 0.05) is 16.5 Å². The van der Waals surface area contributed by atoms with Gasteiger partial charge in [-0.05, 0) is 55.3 Å². The zero-order chi connectivity index (χ0) is 22.6. The number of carbonyl (C=O) groups excluding carboxylic acids is 1. The second-order valence-electron chi connectivity index (χ2n) is 7.73. The lowest BCUT2D eigenvalue weighted by molar-refractivity contribution is -0.112. The van der Waals surface area contributed by atoms with Gasteiger partial charge in [0.1, 0.15) is 5.15 Å². The van der Waals surface area contributed by atoms with E-state index in [9.17, 15) is 4.79 Å². The van der Waals surface area contributed by atoms with E-state index >= 15 is 0 Å². The molecule has 3 nitrogen and oxygen atoms in total. The van der Waals surface area contributed by atoms with Crippen LogP contribution in [0.25, 0.3) is 22.6 Å². The van der Waals surface area contributed by atoms with Crippen LogP contribution in [0.2, 0.25) is 15.2 Å². The van der Waals surface area contributed by atoms with Gasteiger partial charge < -0.3 is 0 Å². The lowest BCUT2D eigenvalue weighted by Crippen LogP contribution is -2.21. The van der Waals surface area contributed by atoms with Crippen molar-refractivity contribution in [2.24, 2.45) is 0 Å². The van der Waals surface area contributed by atoms with E-state index in [-0.39, 0.29) is 5.91 Å². The average molecular weight is 480 g/mol. The molecule has 158 valence electrons. The summed E-state index contributed by atoms with van der Waals surface area (Å²) < 4.78 is 0. The molecule has 0 aliphatic carbocycles. The van der Waals surface area contributed by atoms with Crippen molar-refractivity contribution in [3.05, 3.63) is 98.1 Å². The summed E-state index contributed by atoms with van der Waals surface area (Å²) in [5.74, 6) is -0.225. The zero-order valence-corrected chi connectivity index (χ0v) is 19.6. The number of rotatable bonds is 2. The molecule has 0 N–H and O–H groups in total. The van der Waals surface area contributed by atoms with Gasteiger partial charge in [-0.1, -0.05) is 71.2 Å². The molecule has 1 amide bonds. The average Bonchev–Trinajstić information content (AvgIpc) is 3.04. The number of carbonyl (C=O) groups is 1. The molecule has 0 fully saturated rings. The van der Waals surface area contributed by atoms with Gasteiger partial charge in [0.2, 0.25) is 0 Å². The molecule has 2 heterocycles. The summed E-state index contributed by atoms with van der Waals surface area (Å²) in [6.07, 6.45) is 1.79. The lowest BCUT2D eigenvalue weighted by Gasteiger charge is -2.20. The number of halogens is 3. The van der Waals surface area contributed by atoms with Crippen LogP contribution in [0.3, 0.4) is 0 Å². The minimum Gasteiger partial charge on any atom is -0.273 e. The molecular weight excluding hydrogens is 463 g/mol. The summed E-state index contributed by atoms with van der Waals surface area (Å²) in [5.41, 5.74) is 6.24. The van der Waals surface area contributed by atoms with Crippen molar-refractivity contribution in [1.29, 1.82) is 0 Å². The maximum Gasteiger partial charge on any atom is 0.263 e. The van der Waals surface area contributed by atoms with E-state index in [1.807, 2.05) is 50.2 Å². The first-order valence-electron chi connectivity index (χ1n) is 10.0. The molecule has 5 rings (SSSR count). The van der Waals surface area contributed by atoms with Crippen molar-refractivity contribution in [1.82, 2.24) is 4.98 Å². The fourth-order valence-corrected chi connectivity index (χ4v) is 4.80. The van der Waals surface area contributed by atoms with Crippen molar-refractivity contribution in [3.8, 4) is 0 Å². The number of amides is 1. The van der Waals surface area contributed by atoms with Gasteiger partial charge in [-0.3, -0.25) is 9.69 Å². The topological polar surface area (TPSA) is 33.2 Å². The standard InChI is InChI=1S/C26H17Cl3N2O/c1-14-10-11-16-12-17(25(29)30-23(16)15(14)2)13-19-18-6-3-4-9-22(18)31(26(19)32)24-20(27)7-5-8-21(24)28/h3-13H,1-2H3/b19-13+. The van der Waals surface area contributed by atoms with Gasteiger partial charge in [0.05, 0.1) is 32.5 Å². The molecule has 4 aromatic rings. The maximum absolute atomic E-state index is 13.6. The first-order valence-corrected chi connectivity index (χ1v) is 11.2. The number of nitrogens with zero attached hydrogens (tertiary/aromatic N) is 2. The number of pyridine rings is 1. The minimum absolute atomic E-state index is 0.225. The largest absolute Gasteiger partial charge is 0.273 e. The highest BCUT2D eigenvalue weighted by molar-refractivity contribution is 6.45. The molecule has 0 saturated heterocycles. The number of aromatic nitrogens is 1. The number of para-hydroxylation sites is 2. The first kappa shape index (κ1) is 21.0. The quantitative estimate of drug-likeness (QED) is 0.215. The first-order chi connectivity index (χ1) is 15.4. The predicted octanol–water partition coefficient (Wildman–Crippen LogP) is 8.03. The van der Waals surface area contributed by atoms with E-state index in [4.69, 9.17) is 34.8 Å². The van der Waals surface area contributed by atoms with Gasteiger partial charge in [0.15, 0.2) is 0 Å². The van der Waals surface area contributed by atoms with Crippen molar-refractivity contribution >= 4 is 74.6 Å². The molecule has 0 atom stereocenters. The third-order valence-corrected chi connectivity index (χ3v) is 6.73. The van der Waals surface area contributed by atoms with Gasteiger partial charge in [-0.2, -0.15) is 0 Å². The SMILES string of the molecule is Cc1ccc2cc(/C=C3/C(=O)N(c4c(Cl)cccc4Cl)c4ccccc43)c(Cl)nc2c1C. The Morgan fingerprint density at radius 3 is 2.38 bits per heavy atom. The van der Waals surface area contributed by atoms with Crippen molar-refractivity contribution in [3.63, 3.8) is 0 Å². The van der Waals surface area contributed by atoms with Crippen LogP contribution in [-0.4, -0.2) is 10.9 Å². The Morgan fingerprint density at radius 2 is 1.62 bits per heavy atom. The smallest absolute Gasteiger partial charge is 0.263 e. The Kier molecular flexibility index (Phi) is 5.21.